The van der Waals surface area contributed by atoms with Crippen molar-refractivity contribution in [2.24, 2.45) is 11.8 Å². The van der Waals surface area contributed by atoms with Crippen LogP contribution < -0.4 is 5.32 Å². The first-order valence-corrected chi connectivity index (χ1v) is 12.6. The smallest absolute Gasteiger partial charge is 0.342 e. The normalized spacial score (nSPS) is 21.0. The van der Waals surface area contributed by atoms with Gasteiger partial charge in [-0.2, -0.15) is 13.2 Å². The minimum absolute atomic E-state index is 0.0983. The average molecular weight is 537 g/mol. The van der Waals surface area contributed by atoms with Crippen LogP contribution in [0.4, 0.5) is 22.0 Å². The summed E-state index contributed by atoms with van der Waals surface area (Å²) in [5.41, 5.74) is 1.58. The lowest BCUT2D eigenvalue weighted by molar-refractivity contribution is -0.159. The van der Waals surface area contributed by atoms with E-state index in [1.807, 2.05) is 24.3 Å². The largest absolute Gasteiger partial charge is 0.389 e. The van der Waals surface area contributed by atoms with Gasteiger partial charge in [-0.1, -0.05) is 44.2 Å². The molecule has 2 amide bonds. The number of benzene rings is 2. The average Bonchev–Trinajstić information content (AvgIpc) is 3.26. The van der Waals surface area contributed by atoms with Gasteiger partial charge in [0.1, 0.15) is 29.8 Å². The van der Waals surface area contributed by atoms with Gasteiger partial charge in [0.25, 0.3) is 0 Å². The highest BCUT2D eigenvalue weighted by atomic mass is 19.4. The molecule has 1 aliphatic carbocycles. The van der Waals surface area contributed by atoms with Gasteiger partial charge in [-0.25, -0.2) is 8.78 Å². The molecule has 0 aromatic heterocycles. The lowest BCUT2D eigenvalue weighted by Crippen LogP contribution is -2.66. The summed E-state index contributed by atoms with van der Waals surface area (Å²) in [5, 5.41) is 2.78. The van der Waals surface area contributed by atoms with Crippen LogP contribution in [0.5, 0.6) is 0 Å². The number of halogens is 5. The Morgan fingerprint density at radius 1 is 1.05 bits per heavy atom. The quantitative estimate of drug-likeness (QED) is 0.479. The minimum atomic E-state index is -4.67. The van der Waals surface area contributed by atoms with E-state index in [0.29, 0.717) is 18.9 Å². The number of nitrogens with one attached hydrogen (secondary N) is 1. The van der Waals surface area contributed by atoms with E-state index in [0.717, 1.165) is 28.2 Å². The van der Waals surface area contributed by atoms with Crippen molar-refractivity contribution >= 4 is 17.6 Å². The summed E-state index contributed by atoms with van der Waals surface area (Å²) in [6.45, 7) is 3.57. The summed E-state index contributed by atoms with van der Waals surface area (Å²) in [7, 11) is 0. The standard InChI is InChI=1S/C28H29F5N2O3/c1-15(2)11-22-26(37)34-24(18-12-16-5-3-4-6-17(16)13-18)27(38)35(22)25(23(36)9-10-28(31,32)33)20-8-7-19(29)14-21(20)30/h3-8,14-15,18,22,24-25H,9-13H2,1-2H3,(H,34,37)/t22-,24-,25-/m1/s1. The Bertz CT molecular complexity index is 1200. The lowest BCUT2D eigenvalue weighted by atomic mass is 9.86. The number of rotatable bonds is 8. The molecule has 1 aliphatic heterocycles. The number of carbonyl (C=O) groups excluding carboxylic acids is 3. The number of hydrogen-bond acceptors (Lipinski definition) is 3. The number of amides is 2. The van der Waals surface area contributed by atoms with Gasteiger partial charge < -0.3 is 10.2 Å². The van der Waals surface area contributed by atoms with E-state index in [-0.39, 0.29) is 18.3 Å². The third-order valence-electron chi connectivity index (χ3n) is 7.20. The second-order valence-corrected chi connectivity index (χ2v) is 10.5. The highest BCUT2D eigenvalue weighted by Crippen LogP contribution is 2.37. The molecule has 1 saturated heterocycles. The van der Waals surface area contributed by atoms with E-state index in [9.17, 15) is 31.9 Å². The fraction of sp³-hybridized carbons (Fsp3) is 0.464. The van der Waals surface area contributed by atoms with Gasteiger partial charge in [0, 0.05) is 18.1 Å². The molecule has 2 aromatic carbocycles. The van der Waals surface area contributed by atoms with E-state index in [4.69, 9.17) is 0 Å². The summed E-state index contributed by atoms with van der Waals surface area (Å²) in [4.78, 5) is 41.7. The van der Waals surface area contributed by atoms with Gasteiger partial charge in [-0.3, -0.25) is 14.4 Å². The van der Waals surface area contributed by atoms with E-state index in [1.54, 1.807) is 13.8 Å². The Balaban J connectivity index is 1.77. The molecule has 1 fully saturated rings. The molecule has 0 spiro atoms. The van der Waals surface area contributed by atoms with Gasteiger partial charge >= 0.3 is 6.18 Å². The molecule has 2 aliphatic rings. The van der Waals surface area contributed by atoms with Crippen molar-refractivity contribution in [2.75, 3.05) is 0 Å². The zero-order valence-corrected chi connectivity index (χ0v) is 21.0. The van der Waals surface area contributed by atoms with Gasteiger partial charge in [0.15, 0.2) is 5.78 Å². The van der Waals surface area contributed by atoms with Crippen molar-refractivity contribution in [3.05, 3.63) is 70.8 Å². The van der Waals surface area contributed by atoms with Crippen LogP contribution >= 0.6 is 0 Å². The maximum absolute atomic E-state index is 15.0. The van der Waals surface area contributed by atoms with Gasteiger partial charge in [-0.15, -0.1) is 0 Å². The fourth-order valence-corrected chi connectivity index (χ4v) is 5.48. The number of piperazine rings is 1. The molecule has 2 aromatic rings. The van der Waals surface area contributed by atoms with E-state index >= 15 is 4.39 Å². The number of hydrogen-bond donors (Lipinski definition) is 1. The van der Waals surface area contributed by atoms with E-state index < -0.39 is 71.9 Å². The second-order valence-electron chi connectivity index (χ2n) is 10.5. The lowest BCUT2D eigenvalue weighted by Gasteiger charge is -2.45. The van der Waals surface area contributed by atoms with Crippen LogP contribution in [0.15, 0.2) is 42.5 Å². The van der Waals surface area contributed by atoms with Crippen molar-refractivity contribution in [3.63, 3.8) is 0 Å². The molecular weight excluding hydrogens is 507 g/mol. The highest BCUT2D eigenvalue weighted by Gasteiger charge is 2.50. The summed E-state index contributed by atoms with van der Waals surface area (Å²) in [5.74, 6) is -4.92. The van der Waals surface area contributed by atoms with Crippen molar-refractivity contribution in [3.8, 4) is 0 Å². The van der Waals surface area contributed by atoms with Crippen LogP contribution in [0, 0.1) is 23.5 Å². The highest BCUT2D eigenvalue weighted by molar-refractivity contribution is 6.00. The Kier molecular flexibility index (Phi) is 7.90. The Hall–Kier alpha value is -3.30. The number of Topliss-reactive ketones (excluding diaryl/α,β-unsaturated/α-hetero) is 1. The van der Waals surface area contributed by atoms with Crippen molar-refractivity contribution in [1.82, 2.24) is 10.2 Å². The zero-order chi connectivity index (χ0) is 27.8. The molecule has 38 heavy (non-hydrogen) atoms. The molecule has 5 nitrogen and oxygen atoms in total. The number of nitrogens with zero attached hydrogens (tertiary/aromatic N) is 1. The Morgan fingerprint density at radius 2 is 1.68 bits per heavy atom. The molecule has 1 heterocycles. The van der Waals surface area contributed by atoms with E-state index in [2.05, 4.69) is 5.32 Å². The van der Waals surface area contributed by atoms with Crippen LogP contribution in [-0.2, 0) is 27.2 Å². The molecule has 0 bridgehead atoms. The predicted molar refractivity (Wildman–Crippen MR) is 129 cm³/mol. The molecule has 0 saturated carbocycles. The second kappa shape index (κ2) is 10.8. The Morgan fingerprint density at radius 3 is 2.24 bits per heavy atom. The molecule has 4 rings (SSSR count). The van der Waals surface area contributed by atoms with Crippen molar-refractivity contribution in [2.45, 2.75) is 70.3 Å². The SMILES string of the molecule is CC(C)C[C@@H]1C(=O)N[C@H](C2Cc3ccccc3C2)C(=O)N1[C@@H](C(=O)CCC(F)(F)F)c1ccc(F)cc1F. The van der Waals surface area contributed by atoms with Gasteiger partial charge in [0.05, 0.1) is 6.42 Å². The summed E-state index contributed by atoms with van der Waals surface area (Å²) < 4.78 is 67.8. The Labute approximate surface area is 217 Å². The van der Waals surface area contributed by atoms with Crippen LogP contribution in [0.2, 0.25) is 0 Å². The molecule has 1 N–H and O–H groups in total. The molecule has 0 unspecified atom stereocenters. The first-order valence-electron chi connectivity index (χ1n) is 12.6. The maximum atomic E-state index is 15.0. The number of carbonyl (C=O) groups is 3. The van der Waals surface area contributed by atoms with Gasteiger partial charge in [-0.05, 0) is 48.3 Å². The van der Waals surface area contributed by atoms with E-state index in [1.165, 1.54) is 0 Å². The van der Waals surface area contributed by atoms with Crippen LogP contribution in [-0.4, -0.2) is 40.8 Å². The summed E-state index contributed by atoms with van der Waals surface area (Å²) in [6, 6.07) is 5.81. The fourth-order valence-electron chi connectivity index (χ4n) is 5.48. The van der Waals surface area contributed by atoms with Crippen LogP contribution in [0.1, 0.15) is 55.8 Å². The molecule has 204 valence electrons. The zero-order valence-electron chi connectivity index (χ0n) is 21.0. The minimum Gasteiger partial charge on any atom is -0.342 e. The van der Waals surface area contributed by atoms with Crippen LogP contribution in [0.3, 0.4) is 0 Å². The summed E-state index contributed by atoms with van der Waals surface area (Å²) >= 11 is 0. The number of ketones is 1. The summed E-state index contributed by atoms with van der Waals surface area (Å²) in [6.07, 6.45) is -6.11. The molecule has 3 atom stereocenters. The third-order valence-corrected chi connectivity index (χ3v) is 7.20. The third kappa shape index (κ3) is 5.89. The molecule has 10 heteroatoms. The first-order chi connectivity index (χ1) is 17.9. The maximum Gasteiger partial charge on any atom is 0.389 e. The number of alkyl halides is 3. The predicted octanol–water partition coefficient (Wildman–Crippen LogP) is 5.07. The van der Waals surface area contributed by atoms with Gasteiger partial charge in [0.2, 0.25) is 11.8 Å². The topological polar surface area (TPSA) is 66.5 Å². The van der Waals surface area contributed by atoms with Crippen molar-refractivity contribution < 1.29 is 36.3 Å². The van der Waals surface area contributed by atoms with Crippen LogP contribution in [0.25, 0.3) is 0 Å². The first kappa shape index (κ1) is 27.7. The number of fused-ring (bicyclic) bond motifs is 1. The monoisotopic (exact) mass is 536 g/mol. The molecular formula is C28H29F5N2O3. The van der Waals surface area contributed by atoms with Crippen molar-refractivity contribution in [1.29, 1.82) is 0 Å². The molecule has 0 radical (unpaired) electrons.